The number of rotatable bonds is 0. The molecule has 2 heterocycles. The topological polar surface area (TPSA) is 41.8 Å². The molecule has 74 valence electrons. The van der Waals surface area contributed by atoms with E-state index in [0.29, 0.717) is 5.75 Å². The summed E-state index contributed by atoms with van der Waals surface area (Å²) in [7, 11) is 0. The maximum atomic E-state index is 9.63. The normalized spacial score (nSPS) is 17.1. The van der Waals surface area contributed by atoms with Crippen LogP contribution in [-0.2, 0) is 0 Å². The van der Waals surface area contributed by atoms with Crippen LogP contribution in [0.1, 0.15) is 12.0 Å². The number of allylic oxidation sites excluding steroid dienone is 2. The Kier molecular flexibility index (Phi) is 1.65. The van der Waals surface area contributed by atoms with E-state index in [-0.39, 0.29) is 5.75 Å². The molecule has 2 aliphatic heterocycles. The van der Waals surface area contributed by atoms with Crippen molar-refractivity contribution >= 4 is 11.8 Å². The highest BCUT2D eigenvalue weighted by Crippen LogP contribution is 2.42. The van der Waals surface area contributed by atoms with Gasteiger partial charge >= 0.3 is 0 Å². The minimum Gasteiger partial charge on any atom is -0.504 e. The van der Waals surface area contributed by atoms with Crippen LogP contribution in [-0.4, -0.2) is 11.3 Å². The third kappa shape index (κ3) is 1.16. The maximum absolute atomic E-state index is 9.63. The molecule has 3 nitrogen and oxygen atoms in total. The quantitative estimate of drug-likeness (QED) is 0.697. The number of phenols is 1. The number of aromatic hydroxyl groups is 1. The summed E-state index contributed by atoms with van der Waals surface area (Å²) in [5.41, 5.74) is 2.76. The zero-order valence-corrected chi connectivity index (χ0v) is 7.97. The van der Waals surface area contributed by atoms with E-state index in [9.17, 15) is 5.11 Å². The van der Waals surface area contributed by atoms with Gasteiger partial charge in [0.1, 0.15) is 12.0 Å². The molecule has 1 aromatic rings. The van der Waals surface area contributed by atoms with E-state index < -0.39 is 0 Å². The Morgan fingerprint density at radius 1 is 1.33 bits per heavy atom. The molecule has 0 amide bonds. The fourth-order valence-corrected chi connectivity index (χ4v) is 1.81. The fourth-order valence-electron chi connectivity index (χ4n) is 1.81. The van der Waals surface area contributed by atoms with Gasteiger partial charge in [0.2, 0.25) is 0 Å². The predicted octanol–water partition coefficient (Wildman–Crippen LogP) is 2.48. The SMILES string of the molecule is Oc1cccc2c1OC=C1N=CCC=C12. The first-order valence-electron chi connectivity index (χ1n) is 4.78. The number of phenolic OH excluding ortho intramolecular Hbond substituents is 1. The molecule has 1 N–H and O–H groups in total. The third-order valence-corrected chi connectivity index (χ3v) is 2.51. The minimum atomic E-state index is 0.165. The fraction of sp³-hybridized carbons (Fsp3) is 0.0833. The molecule has 0 aromatic heterocycles. The molecule has 0 atom stereocenters. The molecule has 0 bridgehead atoms. The summed E-state index contributed by atoms with van der Waals surface area (Å²) in [4.78, 5) is 4.24. The molecule has 0 unspecified atom stereocenters. The number of ether oxygens (including phenoxy) is 1. The average Bonchev–Trinajstić information content (AvgIpc) is 2.29. The van der Waals surface area contributed by atoms with Gasteiger partial charge in [-0.3, -0.25) is 4.99 Å². The van der Waals surface area contributed by atoms with Crippen molar-refractivity contribution in [2.75, 3.05) is 0 Å². The Bertz CT molecular complexity index is 512. The van der Waals surface area contributed by atoms with Crippen LogP contribution in [0.2, 0.25) is 0 Å². The second-order valence-corrected chi connectivity index (χ2v) is 3.44. The molecular formula is C12H9NO2. The number of nitrogens with zero attached hydrogens (tertiary/aromatic N) is 1. The van der Waals surface area contributed by atoms with Crippen LogP contribution in [0.3, 0.4) is 0 Å². The average molecular weight is 199 g/mol. The summed E-state index contributed by atoms with van der Waals surface area (Å²) in [5, 5.41) is 9.63. The van der Waals surface area contributed by atoms with Crippen LogP contribution in [0.25, 0.3) is 5.57 Å². The van der Waals surface area contributed by atoms with Gasteiger partial charge in [0, 0.05) is 23.8 Å². The molecule has 0 radical (unpaired) electrons. The molecule has 0 saturated heterocycles. The Morgan fingerprint density at radius 3 is 3.20 bits per heavy atom. The predicted molar refractivity (Wildman–Crippen MR) is 57.9 cm³/mol. The van der Waals surface area contributed by atoms with Gasteiger partial charge in [0.05, 0.1) is 0 Å². The number of hydrogen-bond acceptors (Lipinski definition) is 3. The Hall–Kier alpha value is -2.03. The molecule has 1 aromatic carbocycles. The van der Waals surface area contributed by atoms with Gasteiger partial charge in [-0.1, -0.05) is 18.2 Å². The van der Waals surface area contributed by atoms with Gasteiger partial charge in [-0.15, -0.1) is 0 Å². The van der Waals surface area contributed by atoms with Crippen LogP contribution < -0.4 is 4.74 Å². The van der Waals surface area contributed by atoms with Crippen molar-refractivity contribution < 1.29 is 9.84 Å². The highest BCUT2D eigenvalue weighted by atomic mass is 16.5. The zero-order valence-electron chi connectivity index (χ0n) is 7.97. The van der Waals surface area contributed by atoms with Crippen LogP contribution in [0, 0.1) is 0 Å². The number of para-hydroxylation sites is 1. The first kappa shape index (κ1) is 8.29. The standard InChI is InChI=1S/C12H9NO2/c14-11-5-1-3-9-8-4-2-6-13-10(8)7-15-12(9)11/h1,3-7,14H,2H2. The second kappa shape index (κ2) is 2.98. The van der Waals surface area contributed by atoms with Crippen molar-refractivity contribution in [1.82, 2.24) is 0 Å². The maximum Gasteiger partial charge on any atom is 0.176 e. The molecule has 0 spiro atoms. The van der Waals surface area contributed by atoms with Gasteiger partial charge < -0.3 is 9.84 Å². The molecule has 3 rings (SSSR count). The lowest BCUT2D eigenvalue weighted by molar-refractivity contribution is 0.404. The molecule has 0 fully saturated rings. The van der Waals surface area contributed by atoms with E-state index in [0.717, 1.165) is 23.3 Å². The van der Waals surface area contributed by atoms with Crippen molar-refractivity contribution in [3.63, 3.8) is 0 Å². The molecule has 0 saturated carbocycles. The summed E-state index contributed by atoms with van der Waals surface area (Å²) in [6, 6.07) is 5.35. The van der Waals surface area contributed by atoms with Gasteiger partial charge in [-0.25, -0.2) is 0 Å². The first-order valence-corrected chi connectivity index (χ1v) is 4.78. The molecular weight excluding hydrogens is 190 g/mol. The highest BCUT2D eigenvalue weighted by Gasteiger charge is 2.21. The number of hydrogen-bond donors (Lipinski definition) is 1. The minimum absolute atomic E-state index is 0.165. The Balaban J connectivity index is 2.22. The van der Waals surface area contributed by atoms with Gasteiger partial charge in [-0.2, -0.15) is 0 Å². The van der Waals surface area contributed by atoms with Crippen molar-refractivity contribution in [3.8, 4) is 11.5 Å². The first-order chi connectivity index (χ1) is 7.36. The van der Waals surface area contributed by atoms with Crippen LogP contribution in [0.5, 0.6) is 11.5 Å². The summed E-state index contributed by atoms with van der Waals surface area (Å²) >= 11 is 0. The van der Waals surface area contributed by atoms with Crippen molar-refractivity contribution in [2.45, 2.75) is 6.42 Å². The summed E-state index contributed by atoms with van der Waals surface area (Å²) in [6.45, 7) is 0. The van der Waals surface area contributed by atoms with Crippen molar-refractivity contribution in [2.24, 2.45) is 4.99 Å². The van der Waals surface area contributed by atoms with Gasteiger partial charge in [0.25, 0.3) is 0 Å². The Morgan fingerprint density at radius 2 is 2.27 bits per heavy atom. The molecule has 2 aliphatic rings. The lowest BCUT2D eigenvalue weighted by Crippen LogP contribution is -2.03. The number of dihydropyridines is 1. The van der Waals surface area contributed by atoms with Crippen LogP contribution in [0.4, 0.5) is 0 Å². The van der Waals surface area contributed by atoms with E-state index in [4.69, 9.17) is 4.74 Å². The van der Waals surface area contributed by atoms with E-state index in [2.05, 4.69) is 11.1 Å². The molecule has 3 heteroatoms. The molecule has 15 heavy (non-hydrogen) atoms. The smallest absolute Gasteiger partial charge is 0.176 e. The second-order valence-electron chi connectivity index (χ2n) is 3.44. The monoisotopic (exact) mass is 199 g/mol. The lowest BCUT2D eigenvalue weighted by Gasteiger charge is -2.20. The number of benzene rings is 1. The van der Waals surface area contributed by atoms with Crippen molar-refractivity contribution in [3.05, 3.63) is 41.8 Å². The van der Waals surface area contributed by atoms with Gasteiger partial charge in [-0.05, 0) is 6.07 Å². The highest BCUT2D eigenvalue weighted by molar-refractivity contribution is 5.89. The van der Waals surface area contributed by atoms with E-state index >= 15 is 0 Å². The van der Waals surface area contributed by atoms with Crippen molar-refractivity contribution in [1.29, 1.82) is 0 Å². The van der Waals surface area contributed by atoms with Gasteiger partial charge in [0.15, 0.2) is 11.5 Å². The third-order valence-electron chi connectivity index (χ3n) is 2.51. The summed E-state index contributed by atoms with van der Waals surface area (Å²) < 4.78 is 5.36. The number of fused-ring (bicyclic) bond motifs is 3. The summed E-state index contributed by atoms with van der Waals surface area (Å²) in [5.74, 6) is 0.683. The largest absolute Gasteiger partial charge is 0.504 e. The molecule has 0 aliphatic carbocycles. The number of aliphatic imine (C=N–C) groups is 1. The zero-order chi connectivity index (χ0) is 10.3. The van der Waals surface area contributed by atoms with E-state index in [1.54, 1.807) is 18.4 Å². The Labute approximate surface area is 87.0 Å². The van der Waals surface area contributed by atoms with E-state index in [1.807, 2.05) is 12.3 Å². The van der Waals surface area contributed by atoms with Crippen LogP contribution in [0.15, 0.2) is 41.2 Å². The van der Waals surface area contributed by atoms with Crippen LogP contribution >= 0.6 is 0 Å². The summed E-state index contributed by atoms with van der Waals surface area (Å²) in [6.07, 6.45) is 6.32. The lowest BCUT2D eigenvalue weighted by atomic mass is 9.98. The van der Waals surface area contributed by atoms with E-state index in [1.165, 1.54) is 0 Å².